The highest BCUT2D eigenvalue weighted by molar-refractivity contribution is 7.92. The Hall–Kier alpha value is -3.68. The van der Waals surface area contributed by atoms with Crippen molar-refractivity contribution in [2.24, 2.45) is 0 Å². The normalized spacial score (nSPS) is 19.0. The summed E-state index contributed by atoms with van der Waals surface area (Å²) in [4.78, 5) is 37.5. The molecular weight excluding hydrogens is 603 g/mol. The summed E-state index contributed by atoms with van der Waals surface area (Å²) in [5, 5.41) is 10.9. The SMILES string of the molecule is CCOc1cc(/C=C/C(=O)N2CCN(Cc3ccc(F)cc3)C[C@H]2C)c(NS(C)(=O)=O)cc1Cl.O=C1CCC(C(=O)O)N1. The average Bonchev–Trinajstić information content (AvgIpc) is 3.37. The van der Waals surface area contributed by atoms with E-state index >= 15 is 0 Å². The fourth-order valence-electron chi connectivity index (χ4n) is 4.67. The van der Waals surface area contributed by atoms with Crippen LogP contribution in [0.2, 0.25) is 5.02 Å². The zero-order valence-electron chi connectivity index (χ0n) is 24.2. The van der Waals surface area contributed by atoms with Crippen molar-refractivity contribution in [3.05, 3.63) is 64.4 Å². The standard InChI is InChI=1S/C24H29ClFN3O4S.C5H7NO3/c1-4-33-23-13-19(22(14-21(23)25)27-34(3,31)32)7-10-24(30)29-12-11-28(15-17(29)2)16-18-5-8-20(26)9-6-18;7-4-2-1-3(6-4)5(8)9/h5-10,13-14,17,27H,4,11-12,15-16H2,1-3H3;3H,1-2H2,(H,6,7)(H,8,9)/b10-7+;/t17-;/m1./s1. The van der Waals surface area contributed by atoms with E-state index in [2.05, 4.69) is 14.9 Å². The molecule has 2 heterocycles. The molecule has 234 valence electrons. The van der Waals surface area contributed by atoms with Crippen molar-refractivity contribution in [1.82, 2.24) is 15.1 Å². The van der Waals surface area contributed by atoms with Crippen LogP contribution in [0.15, 0.2) is 42.5 Å². The maximum absolute atomic E-state index is 13.1. The Labute approximate surface area is 255 Å². The molecule has 0 radical (unpaired) electrons. The van der Waals surface area contributed by atoms with E-state index in [4.69, 9.17) is 21.4 Å². The summed E-state index contributed by atoms with van der Waals surface area (Å²) < 4.78 is 44.6. The molecule has 0 aliphatic carbocycles. The average molecular weight is 639 g/mol. The summed E-state index contributed by atoms with van der Waals surface area (Å²) in [5.74, 6) is -1.14. The van der Waals surface area contributed by atoms with Crippen molar-refractivity contribution in [1.29, 1.82) is 0 Å². The number of hydrogen-bond donors (Lipinski definition) is 3. The summed E-state index contributed by atoms with van der Waals surface area (Å²) in [5.41, 5.74) is 1.75. The molecule has 2 aromatic rings. The second-order valence-corrected chi connectivity index (χ2v) is 12.4. The van der Waals surface area contributed by atoms with E-state index in [0.29, 0.717) is 56.9 Å². The fraction of sp³-hybridized carbons (Fsp3) is 0.414. The zero-order valence-corrected chi connectivity index (χ0v) is 25.8. The topological polar surface area (TPSA) is 145 Å². The third-order valence-corrected chi connectivity index (χ3v) is 7.60. The summed E-state index contributed by atoms with van der Waals surface area (Å²) in [7, 11) is -3.55. The van der Waals surface area contributed by atoms with Gasteiger partial charge in [-0.15, -0.1) is 0 Å². The number of carbonyl (C=O) groups is 3. The molecule has 2 fully saturated rings. The number of carbonyl (C=O) groups excluding carboxylic acids is 2. The number of carboxylic acid groups (broad SMARTS) is 1. The number of nitrogens with one attached hydrogen (secondary N) is 2. The Bertz CT molecular complexity index is 1450. The van der Waals surface area contributed by atoms with Gasteiger partial charge < -0.3 is 20.1 Å². The minimum Gasteiger partial charge on any atom is -0.492 e. The number of sulfonamides is 1. The summed E-state index contributed by atoms with van der Waals surface area (Å²) in [6, 6.07) is 8.84. The molecule has 2 aromatic carbocycles. The maximum atomic E-state index is 13.1. The summed E-state index contributed by atoms with van der Waals surface area (Å²) in [6.45, 7) is 6.80. The van der Waals surface area contributed by atoms with E-state index in [1.165, 1.54) is 24.3 Å². The number of aliphatic carboxylic acids is 1. The van der Waals surface area contributed by atoms with Crippen molar-refractivity contribution >= 4 is 51.2 Å². The van der Waals surface area contributed by atoms with Gasteiger partial charge in [-0.1, -0.05) is 23.7 Å². The van der Waals surface area contributed by atoms with Gasteiger partial charge in [0.2, 0.25) is 21.8 Å². The van der Waals surface area contributed by atoms with Crippen molar-refractivity contribution in [3.8, 4) is 5.75 Å². The number of anilines is 1. The molecule has 3 N–H and O–H groups in total. The van der Waals surface area contributed by atoms with E-state index in [1.54, 1.807) is 29.2 Å². The van der Waals surface area contributed by atoms with Gasteiger partial charge in [0, 0.05) is 50.3 Å². The predicted octanol–water partition coefficient (Wildman–Crippen LogP) is 3.35. The Morgan fingerprint density at radius 2 is 1.93 bits per heavy atom. The Morgan fingerprint density at radius 1 is 1.23 bits per heavy atom. The quantitative estimate of drug-likeness (QED) is 0.355. The van der Waals surface area contributed by atoms with Crippen LogP contribution in [0, 0.1) is 5.82 Å². The molecular formula is C29H36ClFN4O7S. The molecule has 14 heteroatoms. The first-order valence-electron chi connectivity index (χ1n) is 13.7. The second kappa shape index (κ2) is 15.2. The predicted molar refractivity (Wildman–Crippen MR) is 162 cm³/mol. The van der Waals surface area contributed by atoms with E-state index in [0.717, 1.165) is 11.8 Å². The van der Waals surface area contributed by atoms with Gasteiger partial charge in [-0.25, -0.2) is 17.6 Å². The van der Waals surface area contributed by atoms with Gasteiger partial charge in [0.05, 0.1) is 23.6 Å². The third-order valence-electron chi connectivity index (χ3n) is 6.71. The first kappa shape index (κ1) is 33.8. The van der Waals surface area contributed by atoms with E-state index < -0.39 is 22.0 Å². The van der Waals surface area contributed by atoms with Crippen molar-refractivity contribution in [2.75, 3.05) is 37.2 Å². The van der Waals surface area contributed by atoms with E-state index in [1.807, 2.05) is 13.8 Å². The fourth-order valence-corrected chi connectivity index (χ4v) is 5.46. The number of carboxylic acids is 1. The number of rotatable bonds is 9. The molecule has 0 spiro atoms. The lowest BCUT2D eigenvalue weighted by atomic mass is 10.1. The highest BCUT2D eigenvalue weighted by atomic mass is 35.5. The van der Waals surface area contributed by atoms with Crippen molar-refractivity contribution < 1.29 is 37.0 Å². The molecule has 2 aliphatic rings. The van der Waals surface area contributed by atoms with Crippen molar-refractivity contribution in [2.45, 2.75) is 45.3 Å². The van der Waals surface area contributed by atoms with Crippen LogP contribution in [0.4, 0.5) is 10.1 Å². The molecule has 0 aromatic heterocycles. The number of nitrogens with zero attached hydrogens (tertiary/aromatic N) is 2. The van der Waals surface area contributed by atoms with Gasteiger partial charge in [0.15, 0.2) is 0 Å². The lowest BCUT2D eigenvalue weighted by molar-refractivity contribution is -0.140. The molecule has 11 nitrogen and oxygen atoms in total. The number of halogens is 2. The van der Waals surface area contributed by atoms with E-state index in [9.17, 15) is 27.2 Å². The highest BCUT2D eigenvalue weighted by Gasteiger charge is 2.27. The highest BCUT2D eigenvalue weighted by Crippen LogP contribution is 2.33. The lowest BCUT2D eigenvalue weighted by Gasteiger charge is -2.39. The van der Waals surface area contributed by atoms with Crippen LogP contribution in [-0.2, 0) is 31.0 Å². The number of hydrogen-bond acceptors (Lipinski definition) is 7. The monoisotopic (exact) mass is 638 g/mol. The molecule has 2 aliphatic heterocycles. The Balaban J connectivity index is 0.000000480. The largest absolute Gasteiger partial charge is 0.492 e. The number of piperazine rings is 1. The smallest absolute Gasteiger partial charge is 0.326 e. The van der Waals surface area contributed by atoms with Crippen molar-refractivity contribution in [3.63, 3.8) is 0 Å². The first-order chi connectivity index (χ1) is 20.3. The summed E-state index contributed by atoms with van der Waals surface area (Å²) >= 11 is 6.21. The van der Waals surface area contributed by atoms with Gasteiger partial charge in [-0.05, 0) is 56.2 Å². The minimum absolute atomic E-state index is 0.0239. The van der Waals surface area contributed by atoms with Crippen LogP contribution in [0.1, 0.15) is 37.8 Å². The van der Waals surface area contributed by atoms with Crippen LogP contribution in [0.5, 0.6) is 5.75 Å². The molecule has 2 saturated heterocycles. The molecule has 2 atom stereocenters. The van der Waals surface area contributed by atoms with Gasteiger partial charge >= 0.3 is 5.97 Å². The number of ether oxygens (including phenoxy) is 1. The van der Waals surface area contributed by atoms with Crippen LogP contribution in [0.3, 0.4) is 0 Å². The van der Waals surface area contributed by atoms with Crippen LogP contribution >= 0.6 is 11.6 Å². The molecule has 43 heavy (non-hydrogen) atoms. The summed E-state index contributed by atoms with van der Waals surface area (Å²) in [6.07, 6.45) is 4.80. The molecule has 0 bridgehead atoms. The third kappa shape index (κ3) is 10.5. The lowest BCUT2D eigenvalue weighted by Crippen LogP contribution is -2.53. The van der Waals surface area contributed by atoms with Gasteiger partial charge in [-0.3, -0.25) is 19.2 Å². The van der Waals surface area contributed by atoms with Gasteiger partial charge in [0.1, 0.15) is 17.6 Å². The van der Waals surface area contributed by atoms with Crippen LogP contribution < -0.4 is 14.8 Å². The molecule has 4 rings (SSSR count). The number of benzene rings is 2. The molecule has 1 unspecified atom stereocenters. The Morgan fingerprint density at radius 3 is 2.47 bits per heavy atom. The zero-order chi connectivity index (χ0) is 31.7. The van der Waals surface area contributed by atoms with Gasteiger partial charge in [-0.2, -0.15) is 0 Å². The van der Waals surface area contributed by atoms with E-state index in [-0.39, 0.29) is 34.4 Å². The molecule has 0 saturated carbocycles. The van der Waals surface area contributed by atoms with Crippen LogP contribution in [-0.4, -0.2) is 85.7 Å². The molecule has 2 amide bonds. The van der Waals surface area contributed by atoms with Crippen LogP contribution in [0.25, 0.3) is 6.08 Å². The van der Waals surface area contributed by atoms with Gasteiger partial charge in [0.25, 0.3) is 0 Å². The minimum atomic E-state index is -3.55. The number of amides is 2. The maximum Gasteiger partial charge on any atom is 0.326 e. The first-order valence-corrected chi connectivity index (χ1v) is 15.9. The second-order valence-electron chi connectivity index (χ2n) is 10.2. The Kier molecular flexibility index (Phi) is 11.9.